The molecule has 1 aromatic heterocycles. The number of rotatable bonds is 5. The summed E-state index contributed by atoms with van der Waals surface area (Å²) in [6, 6.07) is 1.86. The van der Waals surface area contributed by atoms with Gasteiger partial charge in [0.2, 0.25) is 5.95 Å². The molecular weight excluding hydrogens is 238 g/mol. The first-order chi connectivity index (χ1) is 9.11. The Bertz CT molecular complexity index is 371. The molecule has 1 aromatic rings. The van der Waals surface area contributed by atoms with Crippen LogP contribution in [0.5, 0.6) is 0 Å². The number of nitrogens with zero attached hydrogens (tertiary/aromatic N) is 4. The summed E-state index contributed by atoms with van der Waals surface area (Å²) in [5, 5.41) is 0. The maximum Gasteiger partial charge on any atom is 0.225 e. The quantitative estimate of drug-likeness (QED) is 0.858. The summed E-state index contributed by atoms with van der Waals surface area (Å²) >= 11 is 0. The molecule has 2 rings (SSSR count). The fraction of sp³-hybridized carbons (Fsp3) is 0.714. The minimum absolute atomic E-state index is 0.250. The van der Waals surface area contributed by atoms with Gasteiger partial charge in [0.15, 0.2) is 0 Å². The van der Waals surface area contributed by atoms with Gasteiger partial charge in [0.05, 0.1) is 0 Å². The Hall–Kier alpha value is -1.20. The minimum atomic E-state index is 0.250. The summed E-state index contributed by atoms with van der Waals surface area (Å²) in [6.45, 7) is 10.5. The van der Waals surface area contributed by atoms with Crippen molar-refractivity contribution in [1.82, 2.24) is 14.9 Å². The van der Waals surface area contributed by atoms with E-state index in [0.29, 0.717) is 0 Å². The van der Waals surface area contributed by atoms with Crippen molar-refractivity contribution in [2.45, 2.75) is 20.3 Å². The number of aromatic nitrogens is 2. The largest absolute Gasteiger partial charge is 0.338 e. The predicted octanol–water partition coefficient (Wildman–Crippen LogP) is 0.974. The summed E-state index contributed by atoms with van der Waals surface area (Å²) in [7, 11) is 0. The Morgan fingerprint density at radius 2 is 1.79 bits per heavy atom. The lowest BCUT2D eigenvalue weighted by molar-refractivity contribution is 0.211. The number of hydrogen-bond donors (Lipinski definition) is 1. The van der Waals surface area contributed by atoms with E-state index >= 15 is 0 Å². The maximum atomic E-state index is 5.78. The predicted molar refractivity (Wildman–Crippen MR) is 78.1 cm³/mol. The highest BCUT2D eigenvalue weighted by atomic mass is 15.3. The Labute approximate surface area is 115 Å². The molecule has 0 aliphatic carbocycles. The Balaban J connectivity index is 1.77. The second kappa shape index (κ2) is 6.30. The molecule has 0 spiro atoms. The molecule has 0 aromatic carbocycles. The first kappa shape index (κ1) is 14.2. The van der Waals surface area contributed by atoms with Crippen molar-refractivity contribution in [3.8, 4) is 0 Å². The van der Waals surface area contributed by atoms with Crippen molar-refractivity contribution in [3.05, 3.63) is 18.5 Å². The van der Waals surface area contributed by atoms with Crippen LogP contribution in [0.25, 0.3) is 0 Å². The molecule has 0 radical (unpaired) electrons. The molecular formula is C14H25N5. The van der Waals surface area contributed by atoms with Crippen LogP contribution in [0, 0.1) is 5.41 Å². The molecule has 0 unspecified atom stereocenters. The minimum Gasteiger partial charge on any atom is -0.338 e. The third-order valence-corrected chi connectivity index (χ3v) is 3.86. The molecule has 1 aliphatic rings. The van der Waals surface area contributed by atoms with E-state index in [4.69, 9.17) is 5.73 Å². The van der Waals surface area contributed by atoms with E-state index in [1.165, 1.54) is 0 Å². The Morgan fingerprint density at radius 3 is 2.37 bits per heavy atom. The Kier molecular flexibility index (Phi) is 4.71. The lowest BCUT2D eigenvalue weighted by atomic mass is 9.89. The lowest BCUT2D eigenvalue weighted by Gasteiger charge is -2.36. The van der Waals surface area contributed by atoms with Gasteiger partial charge in [-0.05, 0) is 31.0 Å². The summed E-state index contributed by atoms with van der Waals surface area (Å²) in [6.07, 6.45) is 4.77. The SMILES string of the molecule is CC(C)(CN)CCN1CCN(c2ncccn2)CC1. The normalized spacial score (nSPS) is 17.7. The van der Waals surface area contributed by atoms with Crippen molar-refractivity contribution in [2.24, 2.45) is 11.1 Å². The molecule has 0 bridgehead atoms. The van der Waals surface area contributed by atoms with E-state index < -0.39 is 0 Å². The molecule has 5 heteroatoms. The summed E-state index contributed by atoms with van der Waals surface area (Å²) in [4.78, 5) is 13.4. The first-order valence-electron chi connectivity index (χ1n) is 7.05. The van der Waals surface area contributed by atoms with Crippen LogP contribution in [0.1, 0.15) is 20.3 Å². The zero-order valence-electron chi connectivity index (χ0n) is 12.0. The molecule has 2 N–H and O–H groups in total. The summed E-state index contributed by atoms with van der Waals surface area (Å²) < 4.78 is 0. The molecule has 19 heavy (non-hydrogen) atoms. The van der Waals surface area contributed by atoms with Crippen LogP contribution in [-0.2, 0) is 0 Å². The van der Waals surface area contributed by atoms with E-state index in [1.807, 2.05) is 6.07 Å². The van der Waals surface area contributed by atoms with Crippen molar-refractivity contribution in [1.29, 1.82) is 0 Å². The third-order valence-electron chi connectivity index (χ3n) is 3.86. The van der Waals surface area contributed by atoms with E-state index in [0.717, 1.165) is 51.6 Å². The van der Waals surface area contributed by atoms with Gasteiger partial charge in [0, 0.05) is 38.6 Å². The molecule has 0 atom stereocenters. The van der Waals surface area contributed by atoms with Crippen molar-refractivity contribution in [3.63, 3.8) is 0 Å². The second-order valence-corrected chi connectivity index (χ2v) is 6.00. The fourth-order valence-corrected chi connectivity index (χ4v) is 2.19. The van der Waals surface area contributed by atoms with E-state index in [2.05, 4.69) is 33.6 Å². The van der Waals surface area contributed by atoms with Gasteiger partial charge in [0.25, 0.3) is 0 Å². The number of nitrogens with two attached hydrogens (primary N) is 1. The standard InChI is InChI=1S/C14H25N5/c1-14(2,12-15)4-7-18-8-10-19(11-9-18)13-16-5-3-6-17-13/h3,5-6H,4,7-12,15H2,1-2H3. The van der Waals surface area contributed by atoms with E-state index in [-0.39, 0.29) is 5.41 Å². The zero-order chi connectivity index (χ0) is 13.7. The van der Waals surface area contributed by atoms with E-state index in [1.54, 1.807) is 12.4 Å². The van der Waals surface area contributed by atoms with Crippen molar-refractivity contribution < 1.29 is 0 Å². The van der Waals surface area contributed by atoms with Gasteiger partial charge in [-0.25, -0.2) is 9.97 Å². The van der Waals surface area contributed by atoms with Crippen molar-refractivity contribution >= 4 is 5.95 Å². The van der Waals surface area contributed by atoms with E-state index in [9.17, 15) is 0 Å². The molecule has 1 aliphatic heterocycles. The molecule has 1 fully saturated rings. The lowest BCUT2D eigenvalue weighted by Crippen LogP contribution is -2.48. The van der Waals surface area contributed by atoms with Gasteiger partial charge in [-0.1, -0.05) is 13.8 Å². The summed E-state index contributed by atoms with van der Waals surface area (Å²) in [5.41, 5.74) is 6.03. The molecule has 106 valence electrons. The maximum absolute atomic E-state index is 5.78. The van der Waals surface area contributed by atoms with Gasteiger partial charge in [0.1, 0.15) is 0 Å². The molecule has 5 nitrogen and oxygen atoms in total. The molecule has 0 amide bonds. The summed E-state index contributed by atoms with van der Waals surface area (Å²) in [5.74, 6) is 0.851. The monoisotopic (exact) mass is 263 g/mol. The molecule has 0 saturated carbocycles. The average molecular weight is 263 g/mol. The van der Waals surface area contributed by atoms with Crippen LogP contribution in [0.3, 0.4) is 0 Å². The Morgan fingerprint density at radius 1 is 1.16 bits per heavy atom. The van der Waals surface area contributed by atoms with Gasteiger partial charge < -0.3 is 10.6 Å². The van der Waals surface area contributed by atoms with Crippen molar-refractivity contribution in [2.75, 3.05) is 44.2 Å². The number of piperazine rings is 1. The van der Waals surface area contributed by atoms with Crippen LogP contribution in [0.2, 0.25) is 0 Å². The first-order valence-corrected chi connectivity index (χ1v) is 7.05. The molecule has 1 saturated heterocycles. The second-order valence-electron chi connectivity index (χ2n) is 6.00. The smallest absolute Gasteiger partial charge is 0.225 e. The number of anilines is 1. The molecule has 2 heterocycles. The number of hydrogen-bond acceptors (Lipinski definition) is 5. The topological polar surface area (TPSA) is 58.3 Å². The van der Waals surface area contributed by atoms with Crippen LogP contribution in [0.15, 0.2) is 18.5 Å². The van der Waals surface area contributed by atoms with Gasteiger partial charge in [-0.2, -0.15) is 0 Å². The fourth-order valence-electron chi connectivity index (χ4n) is 2.19. The zero-order valence-corrected chi connectivity index (χ0v) is 12.0. The van der Waals surface area contributed by atoms with Gasteiger partial charge in [-0.3, -0.25) is 4.90 Å². The van der Waals surface area contributed by atoms with Gasteiger partial charge >= 0.3 is 0 Å². The van der Waals surface area contributed by atoms with Crippen LogP contribution in [0.4, 0.5) is 5.95 Å². The van der Waals surface area contributed by atoms with Crippen LogP contribution < -0.4 is 10.6 Å². The van der Waals surface area contributed by atoms with Crippen LogP contribution >= 0.6 is 0 Å². The highest BCUT2D eigenvalue weighted by molar-refractivity contribution is 5.29. The average Bonchev–Trinajstić information content (AvgIpc) is 2.47. The highest BCUT2D eigenvalue weighted by Gasteiger charge is 2.21. The van der Waals surface area contributed by atoms with Gasteiger partial charge in [-0.15, -0.1) is 0 Å². The third kappa shape index (κ3) is 4.14. The van der Waals surface area contributed by atoms with Crippen LogP contribution in [-0.4, -0.2) is 54.1 Å². The highest BCUT2D eigenvalue weighted by Crippen LogP contribution is 2.19.